The molecule has 0 fully saturated rings. The number of carboxylic acids is 1. The van der Waals surface area contributed by atoms with Crippen LogP contribution in [0.1, 0.15) is 129 Å². The number of quaternary nitrogens is 1. The number of rotatable bonds is 24. The molecule has 34 heavy (non-hydrogen) atoms. The van der Waals surface area contributed by atoms with Gasteiger partial charge in [0.1, 0.15) is 19.3 Å². The number of carbonyl (C=O) groups is 1. The highest BCUT2D eigenvalue weighted by molar-refractivity contribution is 5.80. The summed E-state index contributed by atoms with van der Waals surface area (Å²) < 4.78 is 0.244. The summed E-state index contributed by atoms with van der Waals surface area (Å²) in [5.41, 5.74) is 5.72. The Balaban J connectivity index is 1.90. The molecule has 0 spiro atoms. The number of carbonyl (C=O) groups excluding carboxylic acids is 1. The van der Waals surface area contributed by atoms with Gasteiger partial charge in [-0.25, -0.2) is 9.48 Å². The van der Waals surface area contributed by atoms with E-state index < -0.39 is 5.97 Å². The molecular weight excluding hydrogens is 422 g/mol. The average Bonchev–Trinajstić information content (AvgIpc) is 3.19. The maximum Gasteiger partial charge on any atom is 0.207 e. The maximum absolute atomic E-state index is 11.2. The number of unbranched alkanes of at least 4 members (excludes halogenated alkanes) is 16. The lowest BCUT2D eigenvalue weighted by Crippen LogP contribution is -2.55. The van der Waals surface area contributed by atoms with Crippen molar-refractivity contribution in [3.8, 4) is 0 Å². The third-order valence-electron chi connectivity index (χ3n) is 6.94. The van der Waals surface area contributed by atoms with Crippen LogP contribution < -0.4 is 10.8 Å². The van der Waals surface area contributed by atoms with E-state index in [2.05, 4.69) is 24.1 Å². The molecule has 1 rings (SSSR count). The quantitative estimate of drug-likeness (QED) is 0.0999. The summed E-state index contributed by atoms with van der Waals surface area (Å²) in [5, 5.41) is 11.2. The Morgan fingerprint density at radius 3 is 1.85 bits per heavy atom. The van der Waals surface area contributed by atoms with Crippen molar-refractivity contribution in [3.63, 3.8) is 0 Å². The minimum atomic E-state index is -1.05. The third-order valence-corrected chi connectivity index (χ3v) is 6.94. The fourth-order valence-corrected chi connectivity index (χ4v) is 4.86. The van der Waals surface area contributed by atoms with Gasteiger partial charge in [-0.05, 0) is 32.1 Å². The number of amidine groups is 1. The second-order valence-corrected chi connectivity index (χ2v) is 10.0. The largest absolute Gasteiger partial charge is 0.544 e. The molecule has 2 N–H and O–H groups in total. The lowest BCUT2D eigenvalue weighted by molar-refractivity contribution is -0.780. The van der Waals surface area contributed by atoms with Gasteiger partial charge in [0.2, 0.25) is 5.84 Å². The maximum atomic E-state index is 11.2. The van der Waals surface area contributed by atoms with Gasteiger partial charge in [-0.15, -0.1) is 0 Å². The van der Waals surface area contributed by atoms with Gasteiger partial charge in [0.15, 0.2) is 0 Å². The van der Waals surface area contributed by atoms with E-state index in [0.29, 0.717) is 13.1 Å². The van der Waals surface area contributed by atoms with Crippen LogP contribution >= 0.6 is 0 Å². The summed E-state index contributed by atoms with van der Waals surface area (Å²) in [5.74, 6) is -0.124. The Bertz CT molecular complexity index is 600. The van der Waals surface area contributed by atoms with Gasteiger partial charge in [0, 0.05) is 13.0 Å². The molecule has 5 heteroatoms. The molecule has 0 aromatic heterocycles. The number of aliphatic carboxylic acids is 1. The van der Waals surface area contributed by atoms with Gasteiger partial charge >= 0.3 is 0 Å². The van der Waals surface area contributed by atoms with Crippen molar-refractivity contribution < 1.29 is 14.4 Å². The van der Waals surface area contributed by atoms with Crippen molar-refractivity contribution in [1.29, 1.82) is 0 Å². The van der Waals surface area contributed by atoms with Crippen LogP contribution in [-0.2, 0) is 4.79 Å². The molecule has 196 valence electrons. The molecule has 5 nitrogen and oxygen atoms in total. The van der Waals surface area contributed by atoms with Crippen molar-refractivity contribution in [3.05, 3.63) is 24.6 Å². The second kappa shape index (κ2) is 20.9. The second-order valence-electron chi connectivity index (χ2n) is 10.0. The highest BCUT2D eigenvalue weighted by Crippen LogP contribution is 2.21. The molecule has 0 bridgehead atoms. The van der Waals surface area contributed by atoms with Crippen molar-refractivity contribution in [2.24, 2.45) is 10.7 Å². The fourth-order valence-electron chi connectivity index (χ4n) is 4.86. The number of hydrogen-bond donors (Lipinski definition) is 1. The third kappa shape index (κ3) is 14.7. The molecule has 0 saturated heterocycles. The minimum absolute atomic E-state index is 0.0670. The number of nitrogens with zero attached hydrogens (tertiary/aromatic N) is 2. The molecular formula is C29H53N3O2. The van der Waals surface area contributed by atoms with Gasteiger partial charge in [0.05, 0.1) is 12.2 Å². The number of carboxylic acid groups (broad SMARTS) is 1. The fraction of sp³-hybridized carbons (Fsp3) is 0.793. The van der Waals surface area contributed by atoms with Crippen LogP contribution in [0.3, 0.4) is 0 Å². The Morgan fingerprint density at radius 2 is 1.35 bits per heavy atom. The van der Waals surface area contributed by atoms with Crippen molar-refractivity contribution in [2.75, 3.05) is 19.6 Å². The Kier molecular flexibility index (Phi) is 18.8. The van der Waals surface area contributed by atoms with Crippen LogP contribution in [-0.4, -0.2) is 35.9 Å². The zero-order valence-electron chi connectivity index (χ0n) is 22.2. The highest BCUT2D eigenvalue weighted by Gasteiger charge is 2.34. The van der Waals surface area contributed by atoms with Crippen LogP contribution in [0.4, 0.5) is 0 Å². The first-order valence-corrected chi connectivity index (χ1v) is 14.3. The van der Waals surface area contributed by atoms with E-state index in [1.807, 2.05) is 6.20 Å². The molecule has 0 radical (unpaired) electrons. The highest BCUT2D eigenvalue weighted by atomic mass is 16.4. The van der Waals surface area contributed by atoms with Crippen LogP contribution in [0.5, 0.6) is 0 Å². The van der Waals surface area contributed by atoms with Gasteiger partial charge in [-0.1, -0.05) is 103 Å². The predicted molar refractivity (Wildman–Crippen MR) is 143 cm³/mol. The molecule has 1 aliphatic rings. The summed E-state index contributed by atoms with van der Waals surface area (Å²) in [6.07, 6.45) is 33.0. The van der Waals surface area contributed by atoms with E-state index in [1.54, 1.807) is 6.20 Å². The van der Waals surface area contributed by atoms with Crippen molar-refractivity contribution >= 4 is 11.8 Å². The van der Waals surface area contributed by atoms with E-state index in [1.165, 1.54) is 109 Å². The minimum Gasteiger partial charge on any atom is -0.544 e. The van der Waals surface area contributed by atoms with Gasteiger partial charge in [-0.3, -0.25) is 0 Å². The van der Waals surface area contributed by atoms with E-state index >= 15 is 0 Å². The van der Waals surface area contributed by atoms with Gasteiger partial charge in [0.25, 0.3) is 0 Å². The van der Waals surface area contributed by atoms with Gasteiger partial charge in [-0.2, -0.15) is 0 Å². The lowest BCUT2D eigenvalue weighted by Gasteiger charge is -2.32. The van der Waals surface area contributed by atoms with E-state index in [-0.39, 0.29) is 11.0 Å². The molecule has 1 heterocycles. The summed E-state index contributed by atoms with van der Waals surface area (Å²) in [6.45, 7) is 3.21. The lowest BCUT2D eigenvalue weighted by atomic mass is 10.0. The number of aliphatic imine (C=N–C) groups is 1. The molecule has 1 unspecified atom stereocenters. The number of nitrogens with two attached hydrogens (primary N) is 1. The first kappa shape index (κ1) is 30.6. The first-order valence-electron chi connectivity index (χ1n) is 14.3. The SMILES string of the molecule is CCCCCCC/C=C/CCCCCCCCCCCCCC1=NC=C[N+]1(CCN)CC(=O)[O-]. The van der Waals surface area contributed by atoms with E-state index in [4.69, 9.17) is 5.73 Å². The summed E-state index contributed by atoms with van der Waals surface area (Å²) >= 11 is 0. The average molecular weight is 476 g/mol. The van der Waals surface area contributed by atoms with Crippen LogP contribution in [0.15, 0.2) is 29.5 Å². The molecule has 1 aliphatic heterocycles. The topological polar surface area (TPSA) is 78.5 Å². The van der Waals surface area contributed by atoms with Crippen LogP contribution in [0.2, 0.25) is 0 Å². The molecule has 0 aliphatic carbocycles. The summed E-state index contributed by atoms with van der Waals surface area (Å²) in [6, 6.07) is 0. The first-order chi connectivity index (χ1) is 16.6. The van der Waals surface area contributed by atoms with Crippen molar-refractivity contribution in [1.82, 2.24) is 0 Å². The monoisotopic (exact) mass is 475 g/mol. The molecule has 0 aromatic rings. The number of hydrogen-bond acceptors (Lipinski definition) is 4. The smallest absolute Gasteiger partial charge is 0.207 e. The number of allylic oxidation sites excluding steroid dienone is 2. The predicted octanol–water partition coefficient (Wildman–Crippen LogP) is 6.38. The molecule has 1 atom stereocenters. The van der Waals surface area contributed by atoms with Gasteiger partial charge < -0.3 is 15.6 Å². The zero-order valence-corrected chi connectivity index (χ0v) is 22.2. The Hall–Kier alpha value is -1.46. The Labute approximate surface area is 210 Å². The standard InChI is InChI=1S/C29H53N3O2/c1-2-3-4-5-6-7-8-9-10-11-12-13-14-15-16-17-18-19-20-21-22-28-31-24-26-32(28,25-23-30)27-29(33)34/h8-9,24,26H,2-7,10-23,25,27,30H2,1H3/b9-8+. The van der Waals surface area contributed by atoms with E-state index in [0.717, 1.165) is 18.7 Å². The molecule has 0 aromatic carbocycles. The van der Waals surface area contributed by atoms with Crippen LogP contribution in [0.25, 0.3) is 0 Å². The van der Waals surface area contributed by atoms with Crippen LogP contribution in [0, 0.1) is 0 Å². The zero-order chi connectivity index (χ0) is 24.7. The Morgan fingerprint density at radius 1 is 0.853 bits per heavy atom. The molecule has 0 amide bonds. The van der Waals surface area contributed by atoms with Crippen molar-refractivity contribution in [2.45, 2.75) is 129 Å². The normalized spacial score (nSPS) is 17.6. The summed E-state index contributed by atoms with van der Waals surface area (Å²) in [4.78, 5) is 15.6. The summed E-state index contributed by atoms with van der Waals surface area (Å²) in [7, 11) is 0. The molecule has 0 saturated carbocycles. The van der Waals surface area contributed by atoms with E-state index in [9.17, 15) is 9.90 Å².